The van der Waals surface area contributed by atoms with Gasteiger partial charge in [0.25, 0.3) is 0 Å². The van der Waals surface area contributed by atoms with E-state index in [2.05, 4.69) is 20.4 Å². The van der Waals surface area contributed by atoms with Crippen molar-refractivity contribution in [1.29, 1.82) is 0 Å². The van der Waals surface area contributed by atoms with Gasteiger partial charge in [0, 0.05) is 63.9 Å². The van der Waals surface area contributed by atoms with Crippen LogP contribution in [0, 0.1) is 11.8 Å². The fourth-order valence-corrected chi connectivity index (χ4v) is 9.60. The van der Waals surface area contributed by atoms with Gasteiger partial charge in [-0.1, -0.05) is 72.8 Å². The minimum absolute atomic E-state index is 0.0860. The standard InChI is InChI=1S/C51H64N4O9/c56-41(31-39(50(59)52-48-44-7-3-1-5-37(44)33-46(48)57)29-35-9-13-42(14-10-35)63-27-21-54-17-23-61-24-18-54)32-40(51(60)53-49-45-8-4-2-6-38(45)34-47(49)58)30-36-11-15-43(16-12-36)64-28-22-55-19-25-62-26-20-55/h1-16,39-41,46-49,56-58H,17-34H2,(H,52,59)(H,53,60)/t39-,40-,46-,47-,48+,49+/m1/s1. The molecule has 6 atom stereocenters. The van der Waals surface area contributed by atoms with E-state index in [1.54, 1.807) is 0 Å². The summed E-state index contributed by atoms with van der Waals surface area (Å²) in [6.07, 6.45) is -0.852. The molecule has 0 unspecified atom stereocenters. The minimum atomic E-state index is -1.03. The second-order valence-electron chi connectivity index (χ2n) is 17.7. The molecule has 0 saturated carbocycles. The second-order valence-corrected chi connectivity index (χ2v) is 17.7. The third-order valence-corrected chi connectivity index (χ3v) is 13.2. The summed E-state index contributed by atoms with van der Waals surface area (Å²) in [5, 5.41) is 40.4. The summed E-state index contributed by atoms with van der Waals surface area (Å²) >= 11 is 0. The molecule has 342 valence electrons. The summed E-state index contributed by atoms with van der Waals surface area (Å²) in [5.41, 5.74) is 5.57. The maximum Gasteiger partial charge on any atom is 0.224 e. The number of nitrogens with zero attached hydrogens (tertiary/aromatic N) is 2. The zero-order valence-electron chi connectivity index (χ0n) is 36.7. The van der Waals surface area contributed by atoms with E-state index in [1.807, 2.05) is 97.1 Å². The summed E-state index contributed by atoms with van der Waals surface area (Å²) < 4.78 is 23.0. The topological polar surface area (TPSA) is 162 Å². The lowest BCUT2D eigenvalue weighted by atomic mass is 9.86. The number of hydrogen-bond donors (Lipinski definition) is 5. The van der Waals surface area contributed by atoms with E-state index in [-0.39, 0.29) is 24.7 Å². The summed E-state index contributed by atoms with van der Waals surface area (Å²) in [6, 6.07) is 29.8. The van der Waals surface area contributed by atoms with E-state index in [9.17, 15) is 24.9 Å². The van der Waals surface area contributed by atoms with Crippen molar-refractivity contribution in [2.75, 3.05) is 78.9 Å². The van der Waals surface area contributed by atoms with Crippen LogP contribution < -0.4 is 20.1 Å². The van der Waals surface area contributed by atoms with Crippen LogP contribution in [-0.2, 0) is 44.7 Å². The molecule has 8 rings (SSSR count). The Bertz CT molecular complexity index is 1960. The fourth-order valence-electron chi connectivity index (χ4n) is 9.60. The van der Waals surface area contributed by atoms with Gasteiger partial charge in [0.15, 0.2) is 0 Å². The van der Waals surface area contributed by atoms with Gasteiger partial charge in [-0.3, -0.25) is 19.4 Å². The second kappa shape index (κ2) is 22.4. The first-order valence-corrected chi connectivity index (χ1v) is 23.1. The number of benzene rings is 4. The van der Waals surface area contributed by atoms with Crippen LogP contribution in [0.25, 0.3) is 0 Å². The number of aliphatic hydroxyl groups is 3. The Balaban J connectivity index is 0.960. The molecule has 2 amide bonds. The SMILES string of the molecule is O=C(N[C@H]1c2ccccc2C[C@H]1O)[C@H](Cc1ccc(OCCN2CCOCC2)cc1)CC(O)C[C@@H](Cc1ccc(OCCN2CCOCC2)cc1)C(=O)N[C@H]1c2ccccc2C[C@H]1O. The molecule has 4 aliphatic rings. The van der Waals surface area contributed by atoms with Crippen molar-refractivity contribution in [3.05, 3.63) is 130 Å². The highest BCUT2D eigenvalue weighted by Crippen LogP contribution is 2.34. The van der Waals surface area contributed by atoms with Crippen LogP contribution in [0.2, 0.25) is 0 Å². The molecular weight excluding hydrogens is 813 g/mol. The van der Waals surface area contributed by atoms with Crippen molar-refractivity contribution in [1.82, 2.24) is 20.4 Å². The van der Waals surface area contributed by atoms with Gasteiger partial charge in [-0.2, -0.15) is 0 Å². The van der Waals surface area contributed by atoms with Crippen LogP contribution in [0.3, 0.4) is 0 Å². The van der Waals surface area contributed by atoms with Crippen LogP contribution in [0.1, 0.15) is 58.3 Å². The summed E-state index contributed by atoms with van der Waals surface area (Å²) in [6.45, 7) is 9.23. The number of morpholine rings is 2. The number of rotatable bonds is 20. The van der Waals surface area contributed by atoms with Crippen LogP contribution in [0.15, 0.2) is 97.1 Å². The number of ether oxygens (including phenoxy) is 4. The van der Waals surface area contributed by atoms with Crippen molar-refractivity contribution in [2.45, 2.75) is 68.9 Å². The molecule has 64 heavy (non-hydrogen) atoms. The van der Waals surface area contributed by atoms with Crippen molar-refractivity contribution in [3.63, 3.8) is 0 Å². The largest absolute Gasteiger partial charge is 0.492 e. The highest BCUT2D eigenvalue weighted by molar-refractivity contribution is 5.81. The number of nitrogens with one attached hydrogen (secondary N) is 2. The summed E-state index contributed by atoms with van der Waals surface area (Å²) in [7, 11) is 0. The Labute approximate surface area is 376 Å². The summed E-state index contributed by atoms with van der Waals surface area (Å²) in [5.74, 6) is -0.434. The van der Waals surface area contributed by atoms with Crippen LogP contribution >= 0.6 is 0 Å². The smallest absolute Gasteiger partial charge is 0.224 e. The van der Waals surface area contributed by atoms with E-state index >= 15 is 0 Å². The molecule has 2 heterocycles. The van der Waals surface area contributed by atoms with E-state index < -0.39 is 42.2 Å². The predicted octanol–water partition coefficient (Wildman–Crippen LogP) is 3.82. The molecule has 2 aliphatic heterocycles. The van der Waals surface area contributed by atoms with Crippen LogP contribution in [-0.4, -0.2) is 134 Å². The van der Waals surface area contributed by atoms with Gasteiger partial charge in [-0.15, -0.1) is 0 Å². The lowest BCUT2D eigenvalue weighted by molar-refractivity contribution is -0.128. The molecule has 13 heteroatoms. The molecule has 2 fully saturated rings. The van der Waals surface area contributed by atoms with Crippen LogP contribution in [0.5, 0.6) is 11.5 Å². The lowest BCUT2D eigenvalue weighted by Crippen LogP contribution is -2.41. The number of amides is 2. The Morgan fingerprint density at radius 1 is 0.594 bits per heavy atom. The zero-order valence-corrected chi connectivity index (χ0v) is 36.7. The average molecular weight is 877 g/mol. The molecule has 4 aromatic carbocycles. The molecule has 0 spiro atoms. The number of carbonyl (C=O) groups excluding carboxylic acids is 2. The van der Waals surface area contributed by atoms with Gasteiger partial charge >= 0.3 is 0 Å². The number of fused-ring (bicyclic) bond motifs is 2. The minimum Gasteiger partial charge on any atom is -0.492 e. The van der Waals surface area contributed by atoms with Gasteiger partial charge in [-0.25, -0.2) is 0 Å². The van der Waals surface area contributed by atoms with Crippen LogP contribution in [0.4, 0.5) is 0 Å². The molecule has 4 aromatic rings. The van der Waals surface area contributed by atoms with E-state index in [0.717, 1.165) is 111 Å². The molecule has 5 N–H and O–H groups in total. The average Bonchev–Trinajstić information content (AvgIpc) is 3.81. The van der Waals surface area contributed by atoms with Crippen molar-refractivity contribution >= 4 is 11.8 Å². The summed E-state index contributed by atoms with van der Waals surface area (Å²) in [4.78, 5) is 33.3. The van der Waals surface area contributed by atoms with Crippen molar-refractivity contribution < 1.29 is 43.9 Å². The third-order valence-electron chi connectivity index (χ3n) is 13.2. The highest BCUT2D eigenvalue weighted by Gasteiger charge is 2.37. The number of carbonyl (C=O) groups is 2. The highest BCUT2D eigenvalue weighted by atomic mass is 16.5. The normalized spacial score (nSPS) is 22.1. The zero-order chi connectivity index (χ0) is 44.3. The lowest BCUT2D eigenvalue weighted by Gasteiger charge is -2.27. The Hall–Kier alpha value is -4.86. The molecule has 0 radical (unpaired) electrons. The Morgan fingerprint density at radius 2 is 0.984 bits per heavy atom. The maximum atomic E-state index is 14.3. The van der Waals surface area contributed by atoms with E-state index in [0.29, 0.717) is 38.9 Å². The van der Waals surface area contributed by atoms with Crippen molar-refractivity contribution in [3.8, 4) is 11.5 Å². The molecule has 2 saturated heterocycles. The van der Waals surface area contributed by atoms with E-state index in [1.165, 1.54) is 0 Å². The molecule has 2 aliphatic carbocycles. The van der Waals surface area contributed by atoms with Gasteiger partial charge < -0.3 is 44.9 Å². The van der Waals surface area contributed by atoms with Gasteiger partial charge in [-0.05, 0) is 83.3 Å². The third kappa shape index (κ3) is 12.3. The first-order chi connectivity index (χ1) is 31.3. The van der Waals surface area contributed by atoms with Crippen molar-refractivity contribution in [2.24, 2.45) is 11.8 Å². The Morgan fingerprint density at radius 3 is 1.39 bits per heavy atom. The van der Waals surface area contributed by atoms with E-state index in [4.69, 9.17) is 18.9 Å². The number of hydrogen-bond acceptors (Lipinski definition) is 11. The Kier molecular flexibility index (Phi) is 16.0. The maximum absolute atomic E-state index is 14.3. The first-order valence-electron chi connectivity index (χ1n) is 23.1. The molecular formula is C51H64N4O9. The molecule has 0 aromatic heterocycles. The number of aliphatic hydroxyl groups excluding tert-OH is 3. The van der Waals surface area contributed by atoms with Gasteiger partial charge in [0.2, 0.25) is 11.8 Å². The van der Waals surface area contributed by atoms with Gasteiger partial charge in [0.05, 0.1) is 56.8 Å². The quantitative estimate of drug-likeness (QED) is 0.0879. The molecule has 0 bridgehead atoms. The molecule has 13 nitrogen and oxygen atoms in total. The fraction of sp³-hybridized carbons (Fsp3) is 0.490. The monoisotopic (exact) mass is 876 g/mol. The predicted molar refractivity (Wildman–Crippen MR) is 242 cm³/mol. The van der Waals surface area contributed by atoms with Gasteiger partial charge in [0.1, 0.15) is 24.7 Å². The first kappa shape index (κ1) is 45.7.